The monoisotopic (exact) mass is 483 g/mol. The SMILES string of the molecule is CC(C)n1c(=O)nc(Nc2ccc(C(=O)N3CCOCC3)cc2)n(Cc2ccc(Cl)cc2)c1=O. The Morgan fingerprint density at radius 2 is 1.71 bits per heavy atom. The predicted octanol–water partition coefficient (Wildman–Crippen LogP) is 2.90. The van der Waals surface area contributed by atoms with Crippen LogP contribution in [0.5, 0.6) is 0 Å². The lowest BCUT2D eigenvalue weighted by Crippen LogP contribution is -2.43. The van der Waals surface area contributed by atoms with Crippen molar-refractivity contribution in [3.63, 3.8) is 0 Å². The van der Waals surface area contributed by atoms with Crippen LogP contribution in [0, 0.1) is 0 Å². The molecule has 1 fully saturated rings. The largest absolute Gasteiger partial charge is 0.378 e. The molecule has 0 bridgehead atoms. The maximum absolute atomic E-state index is 13.2. The van der Waals surface area contributed by atoms with Gasteiger partial charge in [-0.25, -0.2) is 14.2 Å². The molecule has 0 unspecified atom stereocenters. The van der Waals surface area contributed by atoms with Crippen molar-refractivity contribution in [1.82, 2.24) is 19.0 Å². The molecule has 0 spiro atoms. The third-order valence-electron chi connectivity index (χ3n) is 5.56. The summed E-state index contributed by atoms with van der Waals surface area (Å²) in [4.78, 5) is 44.3. The molecular formula is C24H26ClN5O4. The number of hydrogen-bond acceptors (Lipinski definition) is 6. The van der Waals surface area contributed by atoms with Crippen molar-refractivity contribution in [1.29, 1.82) is 0 Å². The first kappa shape index (κ1) is 23.7. The first-order valence-corrected chi connectivity index (χ1v) is 11.4. The summed E-state index contributed by atoms with van der Waals surface area (Å²) in [7, 11) is 0. The first-order chi connectivity index (χ1) is 16.3. The lowest BCUT2D eigenvalue weighted by atomic mass is 10.1. The van der Waals surface area contributed by atoms with Crippen molar-refractivity contribution in [2.45, 2.75) is 26.4 Å². The smallest absolute Gasteiger partial charge is 0.355 e. The number of nitrogens with one attached hydrogen (secondary N) is 1. The van der Waals surface area contributed by atoms with Gasteiger partial charge in [-0.05, 0) is 55.8 Å². The van der Waals surface area contributed by atoms with E-state index < -0.39 is 11.4 Å². The van der Waals surface area contributed by atoms with Crippen LogP contribution < -0.4 is 16.7 Å². The van der Waals surface area contributed by atoms with Gasteiger partial charge in [-0.3, -0.25) is 9.36 Å². The van der Waals surface area contributed by atoms with Gasteiger partial charge in [-0.1, -0.05) is 23.7 Å². The number of carbonyl (C=O) groups is 1. The molecule has 178 valence electrons. The summed E-state index contributed by atoms with van der Waals surface area (Å²) >= 11 is 5.98. The minimum atomic E-state index is -0.631. The van der Waals surface area contributed by atoms with Crippen molar-refractivity contribution in [2.75, 3.05) is 31.6 Å². The molecule has 0 atom stereocenters. The summed E-state index contributed by atoms with van der Waals surface area (Å²) in [5, 5.41) is 3.65. The Kier molecular flexibility index (Phi) is 7.14. The molecular weight excluding hydrogens is 458 g/mol. The van der Waals surface area contributed by atoms with Gasteiger partial charge in [0.15, 0.2) is 0 Å². The summed E-state index contributed by atoms with van der Waals surface area (Å²) in [5.74, 6) is 0.0567. The number of amides is 1. The molecule has 1 amide bonds. The zero-order valence-electron chi connectivity index (χ0n) is 19.0. The van der Waals surface area contributed by atoms with Crippen LogP contribution >= 0.6 is 11.6 Å². The minimum Gasteiger partial charge on any atom is -0.378 e. The molecule has 1 N–H and O–H groups in total. The molecule has 1 aliphatic rings. The minimum absolute atomic E-state index is 0.0628. The number of benzene rings is 2. The highest BCUT2D eigenvalue weighted by atomic mass is 35.5. The van der Waals surface area contributed by atoms with Crippen molar-refractivity contribution >= 4 is 29.1 Å². The van der Waals surface area contributed by atoms with Gasteiger partial charge in [0.1, 0.15) is 0 Å². The zero-order chi connectivity index (χ0) is 24.2. The van der Waals surface area contributed by atoms with Crippen LogP contribution in [-0.2, 0) is 11.3 Å². The Morgan fingerprint density at radius 1 is 1.06 bits per heavy atom. The van der Waals surface area contributed by atoms with E-state index in [2.05, 4.69) is 10.3 Å². The molecule has 0 saturated carbocycles. The molecule has 9 nitrogen and oxygen atoms in total. The number of aromatic nitrogens is 3. The Labute approximate surface area is 201 Å². The molecule has 1 aliphatic heterocycles. The molecule has 3 aromatic rings. The quantitative estimate of drug-likeness (QED) is 0.579. The third-order valence-corrected chi connectivity index (χ3v) is 5.81. The molecule has 10 heteroatoms. The van der Waals surface area contributed by atoms with Crippen molar-refractivity contribution < 1.29 is 9.53 Å². The number of morpholine rings is 1. The highest BCUT2D eigenvalue weighted by Crippen LogP contribution is 2.17. The number of rotatable bonds is 6. The van der Waals surface area contributed by atoms with E-state index in [1.54, 1.807) is 55.1 Å². The van der Waals surface area contributed by atoms with Crippen LogP contribution in [0.3, 0.4) is 0 Å². The highest BCUT2D eigenvalue weighted by Gasteiger charge is 2.19. The molecule has 0 aliphatic carbocycles. The molecule has 34 heavy (non-hydrogen) atoms. The summed E-state index contributed by atoms with van der Waals surface area (Å²) in [6, 6.07) is 13.6. The lowest BCUT2D eigenvalue weighted by molar-refractivity contribution is 0.0303. The van der Waals surface area contributed by atoms with Crippen LogP contribution in [0.1, 0.15) is 35.8 Å². The van der Waals surface area contributed by atoms with Gasteiger partial charge in [0.25, 0.3) is 5.91 Å². The fraction of sp³-hybridized carbons (Fsp3) is 0.333. The van der Waals surface area contributed by atoms with E-state index in [-0.39, 0.29) is 24.4 Å². The van der Waals surface area contributed by atoms with Gasteiger partial charge in [0.05, 0.1) is 19.8 Å². The third kappa shape index (κ3) is 5.21. The summed E-state index contributed by atoms with van der Waals surface area (Å²) < 4.78 is 7.83. The van der Waals surface area contributed by atoms with Gasteiger partial charge in [0.2, 0.25) is 5.95 Å². The topological polar surface area (TPSA) is 98.5 Å². The van der Waals surface area contributed by atoms with Crippen LogP contribution in [0.15, 0.2) is 58.1 Å². The van der Waals surface area contributed by atoms with E-state index >= 15 is 0 Å². The van der Waals surface area contributed by atoms with E-state index in [9.17, 15) is 14.4 Å². The fourth-order valence-corrected chi connectivity index (χ4v) is 3.86. The average molecular weight is 484 g/mol. The van der Waals surface area contributed by atoms with Crippen LogP contribution in [0.25, 0.3) is 0 Å². The average Bonchev–Trinajstić information content (AvgIpc) is 2.83. The van der Waals surface area contributed by atoms with Crippen LogP contribution in [0.2, 0.25) is 5.02 Å². The van der Waals surface area contributed by atoms with Gasteiger partial charge in [-0.2, -0.15) is 4.98 Å². The van der Waals surface area contributed by atoms with Gasteiger partial charge < -0.3 is 15.0 Å². The number of carbonyl (C=O) groups excluding carboxylic acids is 1. The first-order valence-electron chi connectivity index (χ1n) is 11.1. The van der Waals surface area contributed by atoms with Crippen molar-refractivity contribution in [3.8, 4) is 0 Å². The van der Waals surface area contributed by atoms with Crippen molar-refractivity contribution in [2.24, 2.45) is 0 Å². The second-order valence-corrected chi connectivity index (χ2v) is 8.72. The molecule has 4 rings (SSSR count). The predicted molar refractivity (Wildman–Crippen MR) is 130 cm³/mol. The number of ether oxygens (including phenoxy) is 1. The highest BCUT2D eigenvalue weighted by molar-refractivity contribution is 6.30. The summed E-state index contributed by atoms with van der Waals surface area (Å²) in [6.07, 6.45) is 0. The number of hydrogen-bond donors (Lipinski definition) is 1. The normalized spacial score (nSPS) is 13.8. The Bertz CT molecular complexity index is 1280. The van der Waals surface area contributed by atoms with Gasteiger partial charge >= 0.3 is 11.4 Å². The summed E-state index contributed by atoms with van der Waals surface area (Å²) in [5.41, 5.74) is 0.878. The van der Waals surface area contributed by atoms with E-state index in [0.717, 1.165) is 10.1 Å². The van der Waals surface area contributed by atoms with E-state index in [4.69, 9.17) is 16.3 Å². The van der Waals surface area contributed by atoms with Gasteiger partial charge in [-0.15, -0.1) is 0 Å². The molecule has 1 aromatic heterocycles. The van der Waals surface area contributed by atoms with E-state index in [1.165, 1.54) is 4.57 Å². The van der Waals surface area contributed by atoms with E-state index in [1.807, 2.05) is 12.1 Å². The van der Waals surface area contributed by atoms with Crippen molar-refractivity contribution in [3.05, 3.63) is 85.6 Å². The van der Waals surface area contributed by atoms with Gasteiger partial charge in [0, 0.05) is 35.4 Å². The zero-order valence-corrected chi connectivity index (χ0v) is 19.8. The number of halogens is 1. The molecule has 0 radical (unpaired) electrons. The second-order valence-electron chi connectivity index (χ2n) is 8.28. The molecule has 1 saturated heterocycles. The maximum atomic E-state index is 13.2. The maximum Gasteiger partial charge on any atom is 0.355 e. The number of anilines is 2. The molecule has 2 heterocycles. The Morgan fingerprint density at radius 3 is 2.32 bits per heavy atom. The lowest BCUT2D eigenvalue weighted by Gasteiger charge is -2.26. The Hall–Kier alpha value is -3.43. The molecule has 2 aromatic carbocycles. The van der Waals surface area contributed by atoms with Crippen LogP contribution in [0.4, 0.5) is 11.6 Å². The van der Waals surface area contributed by atoms with E-state index in [0.29, 0.717) is 42.6 Å². The Balaban J connectivity index is 1.64. The summed E-state index contributed by atoms with van der Waals surface area (Å²) in [6.45, 7) is 5.90. The second kappa shape index (κ2) is 10.2. The van der Waals surface area contributed by atoms with Crippen LogP contribution in [-0.4, -0.2) is 51.2 Å². The fourth-order valence-electron chi connectivity index (χ4n) is 3.73. The number of nitrogens with zero attached hydrogens (tertiary/aromatic N) is 4. The standard InChI is InChI=1S/C24H26ClN5O4/c1-16(2)30-23(32)27-22(29(24(30)33)15-17-3-7-19(25)8-4-17)26-20-9-5-18(6-10-20)21(31)28-11-13-34-14-12-28/h3-10,16H,11-15H2,1-2H3,(H,26,27,32).